The van der Waals surface area contributed by atoms with Gasteiger partial charge in [0.05, 0.1) is 18.8 Å². The second kappa shape index (κ2) is 7.47. The van der Waals surface area contributed by atoms with Gasteiger partial charge in [0.2, 0.25) is 5.78 Å². The van der Waals surface area contributed by atoms with Crippen LogP contribution in [0.3, 0.4) is 0 Å². The molecule has 0 saturated carbocycles. The Labute approximate surface area is 119 Å². The van der Waals surface area contributed by atoms with Gasteiger partial charge in [-0.1, -0.05) is 0 Å². The molecule has 114 valence electrons. The predicted octanol–water partition coefficient (Wildman–Crippen LogP) is 2.77. The second-order valence-corrected chi connectivity index (χ2v) is 3.78. The molecule has 1 rings (SSSR count). The van der Waals surface area contributed by atoms with Crippen LogP contribution in [0.15, 0.2) is 24.0 Å². The van der Waals surface area contributed by atoms with E-state index in [4.69, 9.17) is 4.74 Å². The zero-order chi connectivity index (χ0) is 16.0. The molecule has 0 aliphatic heterocycles. The van der Waals surface area contributed by atoms with E-state index < -0.39 is 40.3 Å². The summed E-state index contributed by atoms with van der Waals surface area (Å²) in [4.78, 5) is 23.7. The van der Waals surface area contributed by atoms with Crippen LogP contribution in [-0.2, 0) is 14.3 Å². The molecule has 0 saturated heterocycles. The Morgan fingerprint density at radius 1 is 1.05 bits per heavy atom. The molecule has 0 aliphatic carbocycles. The molecule has 4 nitrogen and oxygen atoms in total. The number of halogens is 3. The van der Waals surface area contributed by atoms with Gasteiger partial charge in [-0.2, -0.15) is 0 Å². The number of rotatable bonds is 6. The summed E-state index contributed by atoms with van der Waals surface area (Å²) >= 11 is 0. The van der Waals surface area contributed by atoms with Gasteiger partial charge < -0.3 is 9.47 Å². The molecule has 0 amide bonds. The van der Waals surface area contributed by atoms with Crippen molar-refractivity contribution in [2.45, 2.75) is 13.8 Å². The number of carbonyl (C=O) groups is 2. The van der Waals surface area contributed by atoms with Crippen LogP contribution in [0.1, 0.15) is 24.2 Å². The average Bonchev–Trinajstić information content (AvgIpc) is 2.43. The lowest BCUT2D eigenvalue weighted by Gasteiger charge is -2.08. The van der Waals surface area contributed by atoms with E-state index in [0.29, 0.717) is 6.07 Å². The monoisotopic (exact) mass is 302 g/mol. The smallest absolute Gasteiger partial charge is 0.345 e. The molecule has 0 radical (unpaired) electrons. The van der Waals surface area contributed by atoms with Crippen LogP contribution in [0.25, 0.3) is 0 Å². The van der Waals surface area contributed by atoms with Crippen LogP contribution in [0.5, 0.6) is 0 Å². The molecule has 1 aromatic rings. The van der Waals surface area contributed by atoms with Crippen LogP contribution in [-0.4, -0.2) is 25.0 Å². The summed E-state index contributed by atoms with van der Waals surface area (Å²) in [5.41, 5.74) is -1.39. The van der Waals surface area contributed by atoms with Crippen molar-refractivity contribution >= 4 is 11.8 Å². The summed E-state index contributed by atoms with van der Waals surface area (Å²) in [5.74, 6) is -6.32. The van der Waals surface area contributed by atoms with Crippen molar-refractivity contribution in [1.29, 1.82) is 0 Å². The van der Waals surface area contributed by atoms with Crippen molar-refractivity contribution in [3.63, 3.8) is 0 Å². The third-order valence-corrected chi connectivity index (χ3v) is 2.36. The highest BCUT2D eigenvalue weighted by Crippen LogP contribution is 2.18. The third-order valence-electron chi connectivity index (χ3n) is 2.36. The van der Waals surface area contributed by atoms with Gasteiger partial charge in [0, 0.05) is 6.07 Å². The number of hydrogen-bond acceptors (Lipinski definition) is 4. The van der Waals surface area contributed by atoms with Crippen LogP contribution < -0.4 is 0 Å². The SMILES string of the molecule is CCO/C=C(/C(=O)OCC)C(=O)c1cc(F)c(F)cc1F. The summed E-state index contributed by atoms with van der Waals surface area (Å²) in [7, 11) is 0. The fourth-order valence-electron chi connectivity index (χ4n) is 1.41. The van der Waals surface area contributed by atoms with Crippen LogP contribution in [0, 0.1) is 17.5 Å². The van der Waals surface area contributed by atoms with Crippen molar-refractivity contribution < 1.29 is 32.2 Å². The molecular weight excluding hydrogens is 289 g/mol. The van der Waals surface area contributed by atoms with Crippen LogP contribution in [0.4, 0.5) is 13.2 Å². The second-order valence-electron chi connectivity index (χ2n) is 3.78. The summed E-state index contributed by atoms with van der Waals surface area (Å²) in [6.45, 7) is 3.24. The Bertz CT molecular complexity index is 582. The Kier molecular flexibility index (Phi) is 5.95. The molecule has 0 fully saturated rings. The van der Waals surface area contributed by atoms with E-state index >= 15 is 0 Å². The van der Waals surface area contributed by atoms with E-state index in [9.17, 15) is 22.8 Å². The normalized spacial score (nSPS) is 11.2. The van der Waals surface area contributed by atoms with E-state index in [1.807, 2.05) is 0 Å². The minimum atomic E-state index is -1.43. The number of Topliss-reactive ketones (excluding diaryl/α,β-unsaturated/α-hetero) is 1. The maximum absolute atomic E-state index is 13.6. The average molecular weight is 302 g/mol. The molecule has 0 heterocycles. The first-order valence-electron chi connectivity index (χ1n) is 6.10. The summed E-state index contributed by atoms with van der Waals surface area (Å²) in [5, 5.41) is 0. The largest absolute Gasteiger partial charge is 0.500 e. The number of hydrogen-bond donors (Lipinski definition) is 0. The molecular formula is C14H13F3O4. The topological polar surface area (TPSA) is 52.6 Å². The molecule has 7 heteroatoms. The fraction of sp³-hybridized carbons (Fsp3) is 0.286. The van der Waals surface area contributed by atoms with E-state index in [1.165, 1.54) is 6.92 Å². The number of ether oxygens (including phenoxy) is 2. The molecule has 1 aromatic carbocycles. The maximum Gasteiger partial charge on any atom is 0.345 e. The first-order valence-corrected chi connectivity index (χ1v) is 6.10. The van der Waals surface area contributed by atoms with Crippen molar-refractivity contribution in [3.05, 3.63) is 47.0 Å². The first-order chi connectivity index (χ1) is 9.92. The van der Waals surface area contributed by atoms with E-state index in [0.717, 1.165) is 6.26 Å². The lowest BCUT2D eigenvalue weighted by Crippen LogP contribution is -2.18. The maximum atomic E-state index is 13.6. The summed E-state index contributed by atoms with van der Waals surface area (Å²) in [6.07, 6.45) is 0.807. The van der Waals surface area contributed by atoms with Crippen LogP contribution >= 0.6 is 0 Å². The summed E-state index contributed by atoms with van der Waals surface area (Å²) in [6, 6.07) is 0.609. The molecule has 0 unspecified atom stereocenters. The summed E-state index contributed by atoms with van der Waals surface area (Å²) < 4.78 is 49.0. The molecule has 0 N–H and O–H groups in total. The quantitative estimate of drug-likeness (QED) is 0.154. The zero-order valence-corrected chi connectivity index (χ0v) is 11.4. The minimum Gasteiger partial charge on any atom is -0.500 e. The van der Waals surface area contributed by atoms with Gasteiger partial charge in [0.25, 0.3) is 0 Å². The lowest BCUT2D eigenvalue weighted by atomic mass is 10.0. The van der Waals surface area contributed by atoms with Gasteiger partial charge in [-0.3, -0.25) is 4.79 Å². The number of esters is 1. The predicted molar refractivity (Wildman–Crippen MR) is 67.0 cm³/mol. The molecule has 0 aliphatic rings. The number of carbonyl (C=O) groups excluding carboxylic acids is 2. The molecule has 0 bridgehead atoms. The van der Waals surface area contributed by atoms with E-state index in [-0.39, 0.29) is 19.3 Å². The van der Waals surface area contributed by atoms with Gasteiger partial charge in [-0.05, 0) is 19.9 Å². The Morgan fingerprint density at radius 3 is 2.24 bits per heavy atom. The lowest BCUT2D eigenvalue weighted by molar-refractivity contribution is -0.138. The van der Waals surface area contributed by atoms with Crippen LogP contribution in [0.2, 0.25) is 0 Å². The van der Waals surface area contributed by atoms with Gasteiger partial charge in [-0.25, -0.2) is 18.0 Å². The van der Waals surface area contributed by atoms with Crippen molar-refractivity contribution in [3.8, 4) is 0 Å². The number of benzene rings is 1. The van der Waals surface area contributed by atoms with Crippen molar-refractivity contribution in [2.75, 3.05) is 13.2 Å². The Morgan fingerprint density at radius 2 is 1.67 bits per heavy atom. The molecule has 0 atom stereocenters. The zero-order valence-electron chi connectivity index (χ0n) is 11.4. The van der Waals surface area contributed by atoms with Gasteiger partial charge in [-0.15, -0.1) is 0 Å². The highest BCUT2D eigenvalue weighted by molar-refractivity contribution is 6.24. The number of ketones is 1. The van der Waals surface area contributed by atoms with E-state index in [2.05, 4.69) is 4.74 Å². The third kappa shape index (κ3) is 4.08. The van der Waals surface area contributed by atoms with Gasteiger partial charge in [0.15, 0.2) is 11.6 Å². The highest BCUT2D eigenvalue weighted by Gasteiger charge is 2.26. The first kappa shape index (κ1) is 16.7. The fourth-order valence-corrected chi connectivity index (χ4v) is 1.41. The molecule has 21 heavy (non-hydrogen) atoms. The Hall–Kier alpha value is -2.31. The molecule has 0 spiro atoms. The highest BCUT2D eigenvalue weighted by atomic mass is 19.2. The van der Waals surface area contributed by atoms with E-state index in [1.54, 1.807) is 6.92 Å². The minimum absolute atomic E-state index is 0.0180. The van der Waals surface area contributed by atoms with Gasteiger partial charge >= 0.3 is 5.97 Å². The molecule has 0 aromatic heterocycles. The van der Waals surface area contributed by atoms with Crippen molar-refractivity contribution in [1.82, 2.24) is 0 Å². The Balaban J connectivity index is 3.23. The standard InChI is InChI=1S/C14H13F3O4/c1-3-20-7-9(14(19)21-4-2)13(18)8-5-11(16)12(17)6-10(8)15/h5-7H,3-4H2,1-2H3/b9-7+. The van der Waals surface area contributed by atoms with Crippen molar-refractivity contribution in [2.24, 2.45) is 0 Å². The van der Waals surface area contributed by atoms with Gasteiger partial charge in [0.1, 0.15) is 17.7 Å².